The van der Waals surface area contributed by atoms with Gasteiger partial charge in [-0.2, -0.15) is 0 Å². The van der Waals surface area contributed by atoms with Gasteiger partial charge in [0.05, 0.1) is 11.0 Å². The first-order chi connectivity index (χ1) is 9.29. The van der Waals surface area contributed by atoms with Crippen LogP contribution in [0.1, 0.15) is 27.2 Å². The third-order valence-electron chi connectivity index (χ3n) is 3.11. The lowest BCUT2D eigenvalue weighted by Crippen LogP contribution is -2.39. The Bertz CT molecular complexity index is 477. The highest BCUT2D eigenvalue weighted by Crippen LogP contribution is 2.26. The van der Waals surface area contributed by atoms with Gasteiger partial charge in [-0.15, -0.1) is 0 Å². The second-order valence-electron chi connectivity index (χ2n) is 5.71. The van der Waals surface area contributed by atoms with Gasteiger partial charge in [0.25, 0.3) is 5.69 Å². The van der Waals surface area contributed by atoms with Crippen LogP contribution in [0.2, 0.25) is 0 Å². The number of nitro benzene ring substituents is 1. The molecule has 112 valence electrons. The van der Waals surface area contributed by atoms with Crippen LogP contribution in [0, 0.1) is 21.3 Å². The SMILES string of the molecule is CCCN(CC(C)(C)CN)c1cc(F)cc([N+](=O)[O-])c1. The number of nitro groups is 1. The Kier molecular flexibility index (Phi) is 5.44. The van der Waals surface area contributed by atoms with Crippen LogP contribution >= 0.6 is 0 Å². The summed E-state index contributed by atoms with van der Waals surface area (Å²) in [6.45, 7) is 7.86. The molecule has 5 nitrogen and oxygen atoms in total. The lowest BCUT2D eigenvalue weighted by molar-refractivity contribution is -0.385. The van der Waals surface area contributed by atoms with Gasteiger partial charge in [0.15, 0.2) is 0 Å². The molecule has 1 aromatic carbocycles. The molecule has 0 heterocycles. The summed E-state index contributed by atoms with van der Waals surface area (Å²) in [7, 11) is 0. The molecule has 20 heavy (non-hydrogen) atoms. The van der Waals surface area contributed by atoms with E-state index in [1.54, 1.807) is 0 Å². The summed E-state index contributed by atoms with van der Waals surface area (Å²) in [5.41, 5.74) is 5.88. The van der Waals surface area contributed by atoms with Crippen molar-refractivity contribution in [2.45, 2.75) is 27.2 Å². The van der Waals surface area contributed by atoms with Gasteiger partial charge in [0.1, 0.15) is 5.82 Å². The van der Waals surface area contributed by atoms with Crippen LogP contribution in [0.3, 0.4) is 0 Å². The highest BCUT2D eigenvalue weighted by molar-refractivity contribution is 5.53. The molecule has 2 N–H and O–H groups in total. The number of benzene rings is 1. The molecule has 1 rings (SSSR count). The van der Waals surface area contributed by atoms with Crippen molar-refractivity contribution in [2.24, 2.45) is 11.1 Å². The number of halogens is 1. The van der Waals surface area contributed by atoms with Crippen LogP contribution in [0.4, 0.5) is 15.8 Å². The van der Waals surface area contributed by atoms with Crippen molar-refractivity contribution in [3.8, 4) is 0 Å². The minimum atomic E-state index is -0.596. The Morgan fingerprint density at radius 2 is 2.05 bits per heavy atom. The Hall–Kier alpha value is -1.69. The third kappa shape index (κ3) is 4.45. The molecule has 0 atom stereocenters. The smallest absolute Gasteiger partial charge is 0.274 e. The molecule has 6 heteroatoms. The zero-order chi connectivity index (χ0) is 15.3. The average molecular weight is 283 g/mol. The van der Waals surface area contributed by atoms with E-state index in [1.165, 1.54) is 12.1 Å². The summed E-state index contributed by atoms with van der Waals surface area (Å²) in [5, 5.41) is 10.8. The van der Waals surface area contributed by atoms with E-state index in [1.807, 2.05) is 25.7 Å². The van der Waals surface area contributed by atoms with Gasteiger partial charge < -0.3 is 10.6 Å². The van der Waals surface area contributed by atoms with E-state index in [4.69, 9.17) is 5.73 Å². The van der Waals surface area contributed by atoms with Crippen molar-refractivity contribution in [1.82, 2.24) is 0 Å². The Morgan fingerprint density at radius 3 is 2.55 bits per heavy atom. The second-order valence-corrected chi connectivity index (χ2v) is 5.71. The molecule has 0 bridgehead atoms. The number of anilines is 1. The molecule has 0 spiro atoms. The highest BCUT2D eigenvalue weighted by Gasteiger charge is 2.22. The zero-order valence-corrected chi connectivity index (χ0v) is 12.2. The molecule has 0 fully saturated rings. The molecule has 0 saturated heterocycles. The molecule has 0 aliphatic rings. The van der Waals surface area contributed by atoms with Gasteiger partial charge >= 0.3 is 0 Å². The van der Waals surface area contributed by atoms with Crippen molar-refractivity contribution in [3.05, 3.63) is 34.1 Å². The summed E-state index contributed by atoms with van der Waals surface area (Å²) >= 11 is 0. The van der Waals surface area contributed by atoms with Gasteiger partial charge in [-0.05, 0) is 24.4 Å². The fourth-order valence-corrected chi connectivity index (χ4v) is 2.00. The van der Waals surface area contributed by atoms with Crippen molar-refractivity contribution in [2.75, 3.05) is 24.5 Å². The Labute approximate surface area is 118 Å². The van der Waals surface area contributed by atoms with Gasteiger partial charge in [-0.25, -0.2) is 4.39 Å². The first kappa shape index (κ1) is 16.4. The number of rotatable bonds is 7. The van der Waals surface area contributed by atoms with Crippen LogP contribution in [0.25, 0.3) is 0 Å². The standard InChI is InChI=1S/C14H22FN3O2/c1-4-5-17(10-14(2,3)9-16)12-6-11(15)7-13(8-12)18(19)20/h6-8H,4-5,9-10,16H2,1-3H3. The van der Waals surface area contributed by atoms with Crippen LogP contribution in [0.15, 0.2) is 18.2 Å². The van der Waals surface area contributed by atoms with Crippen molar-refractivity contribution in [1.29, 1.82) is 0 Å². The Morgan fingerprint density at radius 1 is 1.40 bits per heavy atom. The van der Waals surface area contributed by atoms with E-state index in [-0.39, 0.29) is 11.1 Å². The normalized spacial score (nSPS) is 11.4. The van der Waals surface area contributed by atoms with Gasteiger partial charge in [0, 0.05) is 24.8 Å². The fraction of sp³-hybridized carbons (Fsp3) is 0.571. The molecule has 1 aromatic rings. The van der Waals surface area contributed by atoms with Crippen molar-refractivity contribution < 1.29 is 9.31 Å². The molecular formula is C14H22FN3O2. The average Bonchev–Trinajstić information content (AvgIpc) is 2.37. The van der Waals surface area contributed by atoms with Crippen molar-refractivity contribution >= 4 is 11.4 Å². The molecule has 0 saturated carbocycles. The molecule has 0 amide bonds. The van der Waals surface area contributed by atoms with E-state index in [9.17, 15) is 14.5 Å². The number of hydrogen-bond donors (Lipinski definition) is 1. The number of nitrogens with two attached hydrogens (primary N) is 1. The van der Waals surface area contributed by atoms with Gasteiger partial charge in [0.2, 0.25) is 0 Å². The minimum Gasteiger partial charge on any atom is -0.371 e. The monoisotopic (exact) mass is 283 g/mol. The predicted molar refractivity (Wildman–Crippen MR) is 78.4 cm³/mol. The molecule has 0 aliphatic carbocycles. The van der Waals surface area contributed by atoms with Crippen molar-refractivity contribution in [3.63, 3.8) is 0 Å². The van der Waals surface area contributed by atoms with Crippen LogP contribution in [0.5, 0.6) is 0 Å². The maximum atomic E-state index is 13.5. The van der Waals surface area contributed by atoms with Gasteiger partial charge in [-0.3, -0.25) is 10.1 Å². The number of nitrogens with zero attached hydrogens (tertiary/aromatic N) is 2. The minimum absolute atomic E-state index is 0.143. The molecule has 0 unspecified atom stereocenters. The summed E-state index contributed by atoms with van der Waals surface area (Å²) in [5.74, 6) is -0.596. The first-order valence-corrected chi connectivity index (χ1v) is 6.69. The molecule has 0 radical (unpaired) electrons. The van der Waals surface area contributed by atoms with E-state index in [2.05, 4.69) is 0 Å². The van der Waals surface area contributed by atoms with Crippen LogP contribution < -0.4 is 10.6 Å². The number of hydrogen-bond acceptors (Lipinski definition) is 4. The van der Waals surface area contributed by atoms with E-state index in [0.717, 1.165) is 12.5 Å². The maximum absolute atomic E-state index is 13.5. The maximum Gasteiger partial charge on any atom is 0.274 e. The predicted octanol–water partition coefficient (Wildman–Crippen LogP) is 2.94. The molecular weight excluding hydrogens is 261 g/mol. The highest BCUT2D eigenvalue weighted by atomic mass is 19.1. The summed E-state index contributed by atoms with van der Waals surface area (Å²) in [6.07, 6.45) is 0.866. The van der Waals surface area contributed by atoms with Gasteiger partial charge in [-0.1, -0.05) is 20.8 Å². The third-order valence-corrected chi connectivity index (χ3v) is 3.11. The van der Waals surface area contributed by atoms with E-state index in [0.29, 0.717) is 25.3 Å². The lowest BCUT2D eigenvalue weighted by atomic mass is 9.92. The number of non-ortho nitro benzene ring substituents is 1. The molecule has 0 aromatic heterocycles. The van der Waals surface area contributed by atoms with E-state index >= 15 is 0 Å². The Balaban J connectivity index is 3.11. The largest absolute Gasteiger partial charge is 0.371 e. The second kappa shape index (κ2) is 6.65. The summed E-state index contributed by atoms with van der Waals surface area (Å²) in [4.78, 5) is 12.2. The van der Waals surface area contributed by atoms with Crippen LogP contribution in [-0.4, -0.2) is 24.6 Å². The molecule has 0 aliphatic heterocycles. The summed E-state index contributed by atoms with van der Waals surface area (Å²) < 4.78 is 13.5. The van der Waals surface area contributed by atoms with E-state index < -0.39 is 10.7 Å². The first-order valence-electron chi connectivity index (χ1n) is 6.69. The fourth-order valence-electron chi connectivity index (χ4n) is 2.00. The summed E-state index contributed by atoms with van der Waals surface area (Å²) in [6, 6.07) is 3.67. The topological polar surface area (TPSA) is 72.4 Å². The zero-order valence-electron chi connectivity index (χ0n) is 12.2. The van der Waals surface area contributed by atoms with Crippen LogP contribution in [-0.2, 0) is 0 Å². The quantitative estimate of drug-likeness (QED) is 0.617. The lowest BCUT2D eigenvalue weighted by Gasteiger charge is -2.33.